The first kappa shape index (κ1) is 18.4. The first-order valence-electron chi connectivity index (χ1n) is 8.90. The molecule has 0 radical (unpaired) electrons. The van der Waals surface area contributed by atoms with E-state index in [0.29, 0.717) is 28.3 Å². The molecule has 0 aliphatic heterocycles. The third kappa shape index (κ3) is 3.48. The summed E-state index contributed by atoms with van der Waals surface area (Å²) >= 11 is 0. The summed E-state index contributed by atoms with van der Waals surface area (Å²) in [5.74, 6) is -0.828. The number of nitrogens with zero attached hydrogens (tertiary/aromatic N) is 2. The quantitative estimate of drug-likeness (QED) is 0.519. The molecular formula is C23H17FN2O3. The van der Waals surface area contributed by atoms with Gasteiger partial charge in [-0.2, -0.15) is 5.10 Å². The highest BCUT2D eigenvalue weighted by Crippen LogP contribution is 2.34. The van der Waals surface area contributed by atoms with Crippen molar-refractivity contribution < 1.29 is 19.0 Å². The Morgan fingerprint density at radius 1 is 0.931 bits per heavy atom. The maximum Gasteiger partial charge on any atom is 0.340 e. The lowest BCUT2D eigenvalue weighted by atomic mass is 10.0. The third-order valence-corrected chi connectivity index (χ3v) is 4.58. The van der Waals surface area contributed by atoms with Crippen LogP contribution in [0, 0.1) is 5.82 Å². The molecule has 1 N–H and O–H groups in total. The van der Waals surface area contributed by atoms with Crippen molar-refractivity contribution >= 4 is 5.97 Å². The maximum atomic E-state index is 13.4. The first-order chi connectivity index (χ1) is 14.1. The van der Waals surface area contributed by atoms with Crippen molar-refractivity contribution in [1.29, 1.82) is 0 Å². The number of carbonyl (C=O) groups is 1. The van der Waals surface area contributed by atoms with Crippen molar-refractivity contribution in [2.45, 2.75) is 0 Å². The van der Waals surface area contributed by atoms with E-state index in [2.05, 4.69) is 5.10 Å². The lowest BCUT2D eigenvalue weighted by Gasteiger charge is -2.09. The van der Waals surface area contributed by atoms with E-state index in [4.69, 9.17) is 4.74 Å². The molecule has 0 bridgehead atoms. The van der Waals surface area contributed by atoms with Gasteiger partial charge >= 0.3 is 5.97 Å². The second-order valence-electron chi connectivity index (χ2n) is 6.36. The van der Waals surface area contributed by atoms with Crippen LogP contribution >= 0.6 is 0 Å². The second kappa shape index (κ2) is 7.59. The van der Waals surface area contributed by atoms with Crippen molar-refractivity contribution in [1.82, 2.24) is 9.78 Å². The normalized spacial score (nSPS) is 10.7. The van der Waals surface area contributed by atoms with Gasteiger partial charge in [-0.25, -0.2) is 13.9 Å². The SMILES string of the molecule is COc1ccc(-n2nc(-c3ccc(F)cc3)c(C(=O)O)c2-c2ccccc2)cc1. The van der Waals surface area contributed by atoms with Crippen molar-refractivity contribution in [3.05, 3.63) is 90.2 Å². The molecule has 0 fully saturated rings. The Hall–Kier alpha value is -3.93. The number of ether oxygens (including phenoxy) is 1. The molecule has 0 saturated heterocycles. The minimum Gasteiger partial charge on any atom is -0.497 e. The summed E-state index contributed by atoms with van der Waals surface area (Å²) in [5.41, 5.74) is 2.68. The second-order valence-corrected chi connectivity index (χ2v) is 6.36. The highest BCUT2D eigenvalue weighted by molar-refractivity contribution is 6.01. The molecule has 6 heteroatoms. The van der Waals surface area contributed by atoms with E-state index in [1.165, 1.54) is 24.3 Å². The lowest BCUT2D eigenvalue weighted by Crippen LogP contribution is -2.03. The van der Waals surface area contributed by atoms with Gasteiger partial charge in [0.15, 0.2) is 0 Å². The third-order valence-electron chi connectivity index (χ3n) is 4.58. The van der Waals surface area contributed by atoms with Gasteiger partial charge in [-0.1, -0.05) is 30.3 Å². The van der Waals surface area contributed by atoms with E-state index in [1.807, 2.05) is 30.3 Å². The predicted octanol–water partition coefficient (Wildman–Crippen LogP) is 5.05. The summed E-state index contributed by atoms with van der Waals surface area (Å²) in [6.07, 6.45) is 0. The van der Waals surface area contributed by atoms with E-state index < -0.39 is 11.8 Å². The van der Waals surface area contributed by atoms with Gasteiger partial charge in [0.05, 0.1) is 18.5 Å². The molecule has 0 saturated carbocycles. The monoisotopic (exact) mass is 388 g/mol. The smallest absolute Gasteiger partial charge is 0.340 e. The van der Waals surface area contributed by atoms with Crippen LogP contribution in [-0.4, -0.2) is 28.0 Å². The fourth-order valence-corrected chi connectivity index (χ4v) is 3.20. The number of rotatable bonds is 5. The van der Waals surface area contributed by atoms with Gasteiger partial charge in [0.25, 0.3) is 0 Å². The zero-order valence-electron chi connectivity index (χ0n) is 15.5. The summed E-state index contributed by atoms with van der Waals surface area (Å²) in [7, 11) is 1.58. The molecular weight excluding hydrogens is 371 g/mol. The molecule has 144 valence electrons. The van der Waals surface area contributed by atoms with Crippen LogP contribution in [0.3, 0.4) is 0 Å². The van der Waals surface area contributed by atoms with Gasteiger partial charge in [-0.15, -0.1) is 0 Å². The Morgan fingerprint density at radius 2 is 1.59 bits per heavy atom. The summed E-state index contributed by atoms with van der Waals surface area (Å²) in [6.45, 7) is 0. The Labute approximate surface area is 166 Å². The zero-order chi connectivity index (χ0) is 20.4. The summed E-state index contributed by atoms with van der Waals surface area (Å²) in [5, 5.41) is 14.6. The Balaban J connectivity index is 2.01. The number of halogens is 1. The maximum absolute atomic E-state index is 13.4. The molecule has 0 aliphatic rings. The molecule has 1 heterocycles. The number of aromatic nitrogens is 2. The van der Waals surface area contributed by atoms with Crippen molar-refractivity contribution in [2.24, 2.45) is 0 Å². The van der Waals surface area contributed by atoms with Crippen molar-refractivity contribution in [3.8, 4) is 34.0 Å². The minimum absolute atomic E-state index is 0.0543. The largest absolute Gasteiger partial charge is 0.497 e. The van der Waals surface area contributed by atoms with Crippen LogP contribution in [0.25, 0.3) is 28.2 Å². The molecule has 4 rings (SSSR count). The van der Waals surface area contributed by atoms with Crippen LogP contribution in [0.15, 0.2) is 78.9 Å². The number of methoxy groups -OCH3 is 1. The Bertz CT molecular complexity index is 1150. The summed E-state index contributed by atoms with van der Waals surface area (Å²) < 4.78 is 20.2. The molecule has 0 unspecified atom stereocenters. The Kier molecular flexibility index (Phi) is 4.83. The topological polar surface area (TPSA) is 64.4 Å². The average Bonchev–Trinajstić information content (AvgIpc) is 3.16. The van der Waals surface area contributed by atoms with Crippen LogP contribution in [0.1, 0.15) is 10.4 Å². The Morgan fingerprint density at radius 3 is 2.17 bits per heavy atom. The highest BCUT2D eigenvalue weighted by Gasteiger charge is 2.26. The van der Waals surface area contributed by atoms with Gasteiger partial charge in [-0.3, -0.25) is 0 Å². The van der Waals surface area contributed by atoms with Crippen LogP contribution < -0.4 is 4.74 Å². The molecule has 0 amide bonds. The van der Waals surface area contributed by atoms with Crippen LogP contribution in [0.4, 0.5) is 4.39 Å². The molecule has 3 aromatic carbocycles. The number of hydrogen-bond donors (Lipinski definition) is 1. The van der Waals surface area contributed by atoms with Gasteiger partial charge < -0.3 is 9.84 Å². The van der Waals surface area contributed by atoms with E-state index >= 15 is 0 Å². The number of hydrogen-bond acceptors (Lipinski definition) is 3. The zero-order valence-corrected chi connectivity index (χ0v) is 15.5. The molecule has 0 atom stereocenters. The average molecular weight is 388 g/mol. The molecule has 1 aromatic heterocycles. The fraction of sp³-hybridized carbons (Fsp3) is 0.0435. The molecule has 29 heavy (non-hydrogen) atoms. The molecule has 0 aliphatic carbocycles. The van der Waals surface area contributed by atoms with Crippen LogP contribution in [0.2, 0.25) is 0 Å². The summed E-state index contributed by atoms with van der Waals surface area (Å²) in [4.78, 5) is 12.3. The lowest BCUT2D eigenvalue weighted by molar-refractivity contribution is 0.0698. The highest BCUT2D eigenvalue weighted by atomic mass is 19.1. The first-order valence-corrected chi connectivity index (χ1v) is 8.90. The predicted molar refractivity (Wildman–Crippen MR) is 108 cm³/mol. The van der Waals surface area contributed by atoms with E-state index in [0.717, 1.165) is 0 Å². The number of aromatic carboxylic acids is 1. The van der Waals surface area contributed by atoms with Crippen LogP contribution in [0.5, 0.6) is 5.75 Å². The van der Waals surface area contributed by atoms with Gasteiger partial charge in [0.2, 0.25) is 0 Å². The van der Waals surface area contributed by atoms with Gasteiger partial charge in [0.1, 0.15) is 22.8 Å². The minimum atomic E-state index is -1.11. The van der Waals surface area contributed by atoms with E-state index in [-0.39, 0.29) is 11.3 Å². The molecule has 4 aromatic rings. The van der Waals surface area contributed by atoms with Gasteiger partial charge in [-0.05, 0) is 48.5 Å². The number of carboxylic acids is 1. The molecule has 0 spiro atoms. The van der Waals surface area contributed by atoms with E-state index in [1.54, 1.807) is 36.1 Å². The van der Waals surface area contributed by atoms with Crippen LogP contribution in [-0.2, 0) is 0 Å². The van der Waals surface area contributed by atoms with Crippen molar-refractivity contribution in [2.75, 3.05) is 7.11 Å². The fourth-order valence-electron chi connectivity index (χ4n) is 3.20. The summed E-state index contributed by atoms with van der Waals surface area (Å²) in [6, 6.07) is 22.0. The number of benzene rings is 3. The van der Waals surface area contributed by atoms with Crippen molar-refractivity contribution in [3.63, 3.8) is 0 Å². The van der Waals surface area contributed by atoms with Gasteiger partial charge in [0, 0.05) is 11.1 Å². The molecule has 5 nitrogen and oxygen atoms in total. The standard InChI is InChI=1S/C23H17FN2O3/c1-29-19-13-11-18(12-14-19)26-22(16-5-3-2-4-6-16)20(23(27)28)21(25-26)15-7-9-17(24)10-8-15/h2-14H,1H3,(H,27,28). The van der Waals surface area contributed by atoms with E-state index in [9.17, 15) is 14.3 Å². The number of carboxylic acid groups (broad SMARTS) is 1.